The van der Waals surface area contributed by atoms with Crippen LogP contribution in [0, 0.1) is 0 Å². The maximum Gasteiger partial charge on any atom is 0.273 e. The van der Waals surface area contributed by atoms with Crippen molar-refractivity contribution in [2.45, 2.75) is 19.4 Å². The average molecular weight is 261 g/mol. The van der Waals surface area contributed by atoms with Crippen molar-refractivity contribution in [2.24, 2.45) is 0 Å². The smallest absolute Gasteiger partial charge is 0.273 e. The van der Waals surface area contributed by atoms with Crippen molar-refractivity contribution in [1.29, 1.82) is 0 Å². The number of amides is 1. The van der Waals surface area contributed by atoms with E-state index in [0.717, 1.165) is 5.56 Å². The van der Waals surface area contributed by atoms with Gasteiger partial charge in [0.1, 0.15) is 0 Å². The summed E-state index contributed by atoms with van der Waals surface area (Å²) in [7, 11) is 0. The fraction of sp³-hybridized carbons (Fsp3) is 0.308. The van der Waals surface area contributed by atoms with E-state index >= 15 is 0 Å². The van der Waals surface area contributed by atoms with E-state index in [4.69, 9.17) is 9.63 Å². The molecule has 0 fully saturated rings. The predicted molar refractivity (Wildman–Crippen MR) is 68.4 cm³/mol. The van der Waals surface area contributed by atoms with Crippen molar-refractivity contribution in [3.63, 3.8) is 0 Å². The first-order chi connectivity index (χ1) is 9.02. The summed E-state index contributed by atoms with van der Waals surface area (Å²) in [4.78, 5) is 15.9. The molecule has 2 N–H and O–H groups in total. The number of pyridine rings is 1. The number of hydrogen-bond acceptors (Lipinski definition) is 5. The van der Waals surface area contributed by atoms with E-state index in [1.807, 2.05) is 6.07 Å². The van der Waals surface area contributed by atoms with Gasteiger partial charge in [0.25, 0.3) is 5.91 Å². The Morgan fingerprint density at radius 1 is 1.53 bits per heavy atom. The van der Waals surface area contributed by atoms with E-state index in [0.29, 0.717) is 5.76 Å². The number of nitrogens with zero attached hydrogens (tertiary/aromatic N) is 2. The van der Waals surface area contributed by atoms with Gasteiger partial charge in [-0.25, -0.2) is 0 Å². The van der Waals surface area contributed by atoms with Gasteiger partial charge in [0.05, 0.1) is 12.1 Å². The van der Waals surface area contributed by atoms with Crippen molar-refractivity contribution in [2.75, 3.05) is 6.61 Å². The monoisotopic (exact) mass is 261 g/mol. The topological polar surface area (TPSA) is 88.2 Å². The number of aliphatic hydroxyl groups excluding tert-OH is 1. The number of carbonyl (C=O) groups is 1. The van der Waals surface area contributed by atoms with Crippen molar-refractivity contribution in [1.82, 2.24) is 15.5 Å². The molecule has 2 aromatic heterocycles. The Kier molecular flexibility index (Phi) is 3.62. The van der Waals surface area contributed by atoms with Crippen molar-refractivity contribution >= 4 is 5.91 Å². The van der Waals surface area contributed by atoms with Crippen LogP contribution < -0.4 is 5.32 Å². The van der Waals surface area contributed by atoms with Crippen LogP contribution in [-0.2, 0) is 0 Å². The van der Waals surface area contributed by atoms with E-state index in [-0.39, 0.29) is 12.3 Å². The molecule has 2 heterocycles. The first-order valence-electron chi connectivity index (χ1n) is 5.82. The van der Waals surface area contributed by atoms with Crippen LogP contribution in [-0.4, -0.2) is 33.3 Å². The number of carbonyl (C=O) groups excluding carboxylic acids is 1. The third kappa shape index (κ3) is 3.17. The Morgan fingerprint density at radius 2 is 2.32 bits per heavy atom. The molecule has 0 unspecified atom stereocenters. The second kappa shape index (κ2) is 5.19. The molecule has 0 aliphatic carbocycles. The number of aromatic nitrogens is 2. The van der Waals surface area contributed by atoms with Crippen LogP contribution in [0.25, 0.3) is 11.3 Å². The molecule has 1 amide bonds. The number of hydrogen-bond donors (Lipinski definition) is 2. The van der Waals surface area contributed by atoms with E-state index in [1.54, 1.807) is 38.4 Å². The van der Waals surface area contributed by atoms with Gasteiger partial charge in [-0.3, -0.25) is 9.78 Å². The first kappa shape index (κ1) is 13.2. The van der Waals surface area contributed by atoms with Gasteiger partial charge in [-0.05, 0) is 26.0 Å². The summed E-state index contributed by atoms with van der Waals surface area (Å²) in [6, 6.07) is 5.12. The fourth-order valence-electron chi connectivity index (χ4n) is 1.44. The zero-order chi connectivity index (χ0) is 13.9. The highest BCUT2D eigenvalue weighted by Gasteiger charge is 2.22. The lowest BCUT2D eigenvalue weighted by Crippen LogP contribution is -2.46. The Bertz CT molecular complexity index is 564. The standard InChI is InChI=1S/C13H15N3O3/c1-13(2,8-17)15-12(18)10-6-11(19-16-10)9-4-3-5-14-7-9/h3-7,17H,8H2,1-2H3,(H,15,18). The normalized spacial score (nSPS) is 11.3. The molecule has 2 aromatic rings. The maximum absolute atomic E-state index is 11.9. The molecule has 0 spiro atoms. The molecular weight excluding hydrogens is 246 g/mol. The minimum absolute atomic E-state index is 0.161. The van der Waals surface area contributed by atoms with Gasteiger partial charge in [-0.15, -0.1) is 0 Å². The molecule has 0 radical (unpaired) electrons. The quantitative estimate of drug-likeness (QED) is 0.864. The first-order valence-corrected chi connectivity index (χ1v) is 5.82. The van der Waals surface area contributed by atoms with Crippen LogP contribution in [0.2, 0.25) is 0 Å². The lowest BCUT2D eigenvalue weighted by molar-refractivity contribution is 0.0860. The van der Waals surface area contributed by atoms with Crippen molar-refractivity contribution in [3.05, 3.63) is 36.3 Å². The molecule has 0 bridgehead atoms. The Balaban J connectivity index is 2.16. The Morgan fingerprint density at radius 3 is 2.95 bits per heavy atom. The SMILES string of the molecule is CC(C)(CO)NC(=O)c1cc(-c2cccnc2)on1. The van der Waals surface area contributed by atoms with Crippen LogP contribution in [0.3, 0.4) is 0 Å². The molecule has 0 saturated heterocycles. The van der Waals surface area contributed by atoms with Crippen molar-refractivity contribution < 1.29 is 14.4 Å². The molecule has 6 nitrogen and oxygen atoms in total. The molecule has 0 aliphatic rings. The second-order valence-corrected chi connectivity index (χ2v) is 4.81. The minimum atomic E-state index is -0.704. The predicted octanol–water partition coefficient (Wildman–Crippen LogP) is 1.24. The lowest BCUT2D eigenvalue weighted by Gasteiger charge is -2.22. The van der Waals surface area contributed by atoms with Crippen LogP contribution in [0.5, 0.6) is 0 Å². The number of rotatable bonds is 4. The van der Waals surface area contributed by atoms with Crippen molar-refractivity contribution in [3.8, 4) is 11.3 Å². The van der Waals surface area contributed by atoms with Crippen LogP contribution >= 0.6 is 0 Å². The molecule has 0 aliphatic heterocycles. The van der Waals surface area contributed by atoms with Gasteiger partial charge in [0, 0.05) is 24.0 Å². The van der Waals surface area contributed by atoms with Gasteiger partial charge < -0.3 is 14.9 Å². The highest BCUT2D eigenvalue weighted by molar-refractivity contribution is 5.93. The maximum atomic E-state index is 11.9. The summed E-state index contributed by atoms with van der Waals surface area (Å²) in [6.07, 6.45) is 3.27. The lowest BCUT2D eigenvalue weighted by atomic mass is 10.1. The van der Waals surface area contributed by atoms with Gasteiger partial charge >= 0.3 is 0 Å². The van der Waals surface area contributed by atoms with E-state index in [1.165, 1.54) is 0 Å². The van der Waals surface area contributed by atoms with Gasteiger partial charge in [-0.2, -0.15) is 0 Å². The molecule has 19 heavy (non-hydrogen) atoms. The van der Waals surface area contributed by atoms with E-state index in [2.05, 4.69) is 15.5 Å². The molecule has 0 saturated carbocycles. The molecule has 0 aromatic carbocycles. The average Bonchev–Trinajstić information content (AvgIpc) is 2.89. The summed E-state index contributed by atoms with van der Waals surface area (Å²) < 4.78 is 5.11. The fourth-order valence-corrected chi connectivity index (χ4v) is 1.44. The van der Waals surface area contributed by atoms with Gasteiger partial charge in [0.2, 0.25) is 0 Å². The van der Waals surface area contributed by atoms with Gasteiger partial charge in [-0.1, -0.05) is 5.16 Å². The second-order valence-electron chi connectivity index (χ2n) is 4.81. The number of nitrogens with one attached hydrogen (secondary N) is 1. The highest BCUT2D eigenvalue weighted by atomic mass is 16.5. The molecule has 0 atom stereocenters. The largest absolute Gasteiger partial charge is 0.394 e. The third-order valence-corrected chi connectivity index (χ3v) is 2.54. The zero-order valence-corrected chi connectivity index (χ0v) is 10.8. The Labute approximate surface area is 110 Å². The number of aliphatic hydroxyl groups is 1. The molecule has 6 heteroatoms. The zero-order valence-electron chi connectivity index (χ0n) is 10.8. The summed E-state index contributed by atoms with van der Waals surface area (Å²) in [5.74, 6) is 0.0815. The minimum Gasteiger partial charge on any atom is -0.394 e. The van der Waals surface area contributed by atoms with Crippen LogP contribution in [0.4, 0.5) is 0 Å². The summed E-state index contributed by atoms with van der Waals surface area (Å²) >= 11 is 0. The van der Waals surface area contributed by atoms with Gasteiger partial charge in [0.15, 0.2) is 11.5 Å². The molecule has 2 rings (SSSR count). The Hall–Kier alpha value is -2.21. The van der Waals surface area contributed by atoms with Crippen LogP contribution in [0.15, 0.2) is 35.1 Å². The molecular formula is C13H15N3O3. The highest BCUT2D eigenvalue weighted by Crippen LogP contribution is 2.19. The summed E-state index contributed by atoms with van der Waals surface area (Å²) in [6.45, 7) is 3.27. The summed E-state index contributed by atoms with van der Waals surface area (Å²) in [5, 5.41) is 15.5. The van der Waals surface area contributed by atoms with Crippen LogP contribution in [0.1, 0.15) is 24.3 Å². The summed E-state index contributed by atoms with van der Waals surface area (Å²) in [5.41, 5.74) is 0.209. The van der Waals surface area contributed by atoms with E-state index < -0.39 is 11.4 Å². The third-order valence-electron chi connectivity index (χ3n) is 2.54. The van der Waals surface area contributed by atoms with E-state index in [9.17, 15) is 4.79 Å². The molecule has 100 valence electrons.